The van der Waals surface area contributed by atoms with Crippen LogP contribution >= 0.6 is 0 Å². The molecule has 3 rings (SSSR count). The van der Waals surface area contributed by atoms with E-state index in [0.717, 1.165) is 22.5 Å². The van der Waals surface area contributed by atoms with E-state index in [1.54, 1.807) is 27.7 Å². The molecule has 39 heavy (non-hydrogen) atoms. The number of carbonyl (C=O) groups is 2. The Bertz CT molecular complexity index is 1320. The Balaban J connectivity index is 2.02. The van der Waals surface area contributed by atoms with Crippen LogP contribution in [0, 0.1) is 0 Å². The van der Waals surface area contributed by atoms with Crippen LogP contribution in [0.1, 0.15) is 45.2 Å². The number of hydrogen-bond acceptors (Lipinski definition) is 8. The molecule has 2 aromatic rings. The number of nitrogens with zero attached hydrogens (tertiary/aromatic N) is 1. The van der Waals surface area contributed by atoms with Crippen molar-refractivity contribution >= 4 is 27.6 Å². The van der Waals surface area contributed by atoms with Crippen molar-refractivity contribution in [1.82, 2.24) is 0 Å². The summed E-state index contributed by atoms with van der Waals surface area (Å²) < 4.78 is 84.1. The average molecular weight is 574 g/mol. The van der Waals surface area contributed by atoms with Gasteiger partial charge in [0.15, 0.2) is 6.10 Å². The van der Waals surface area contributed by atoms with Gasteiger partial charge in [-0.2, -0.15) is 13.2 Å². The first-order chi connectivity index (χ1) is 18.0. The number of alkyl halides is 3. The predicted molar refractivity (Wildman–Crippen MR) is 134 cm³/mol. The summed E-state index contributed by atoms with van der Waals surface area (Å²) in [6.45, 7) is 6.22. The van der Waals surface area contributed by atoms with Crippen molar-refractivity contribution in [2.75, 3.05) is 17.5 Å². The lowest BCUT2D eigenvalue weighted by Gasteiger charge is -2.36. The molecule has 0 saturated heterocycles. The Morgan fingerprint density at radius 1 is 1.15 bits per heavy atom. The molecular formula is C26H30F3NO8S. The molecule has 1 aliphatic rings. The molecule has 1 heterocycles. The van der Waals surface area contributed by atoms with Gasteiger partial charge in [0.05, 0.1) is 35.7 Å². The Morgan fingerprint density at radius 3 is 2.46 bits per heavy atom. The molecule has 2 atom stereocenters. The number of carbonyl (C=O) groups excluding carboxylic acids is 2. The van der Waals surface area contributed by atoms with Crippen LogP contribution < -0.4 is 9.04 Å². The van der Waals surface area contributed by atoms with Gasteiger partial charge in [0, 0.05) is 6.42 Å². The van der Waals surface area contributed by atoms with E-state index in [2.05, 4.69) is 0 Å². The van der Waals surface area contributed by atoms with E-state index in [0.29, 0.717) is 11.6 Å². The number of halogens is 3. The van der Waals surface area contributed by atoms with Crippen LogP contribution in [0.3, 0.4) is 0 Å². The molecule has 0 amide bonds. The molecule has 1 aliphatic heterocycles. The van der Waals surface area contributed by atoms with E-state index in [-0.39, 0.29) is 30.9 Å². The highest BCUT2D eigenvalue weighted by Gasteiger charge is 2.38. The summed E-state index contributed by atoms with van der Waals surface area (Å²) in [6.07, 6.45) is -7.99. The van der Waals surface area contributed by atoms with Crippen molar-refractivity contribution in [3.63, 3.8) is 0 Å². The van der Waals surface area contributed by atoms with Gasteiger partial charge < -0.3 is 19.3 Å². The Labute approximate surface area is 224 Å². The minimum Gasteiger partial charge on any atom is -0.486 e. The van der Waals surface area contributed by atoms with Crippen LogP contribution in [-0.4, -0.2) is 56.4 Å². The first kappa shape index (κ1) is 30.2. The zero-order valence-electron chi connectivity index (χ0n) is 21.8. The van der Waals surface area contributed by atoms with Crippen LogP contribution in [-0.2, 0) is 41.7 Å². The van der Waals surface area contributed by atoms with E-state index >= 15 is 0 Å². The summed E-state index contributed by atoms with van der Waals surface area (Å²) >= 11 is 0. The van der Waals surface area contributed by atoms with Crippen molar-refractivity contribution in [3.05, 3.63) is 53.6 Å². The molecule has 1 unspecified atom stereocenters. The number of aliphatic hydroxyl groups excluding tert-OH is 1. The minimum absolute atomic E-state index is 0.0146. The maximum absolute atomic E-state index is 13.7. The fourth-order valence-electron chi connectivity index (χ4n) is 3.91. The van der Waals surface area contributed by atoms with E-state index in [1.807, 2.05) is 0 Å². The summed E-state index contributed by atoms with van der Waals surface area (Å²) in [5, 5.41) is 10.2. The lowest BCUT2D eigenvalue weighted by Crippen LogP contribution is -2.45. The van der Waals surface area contributed by atoms with E-state index in [4.69, 9.17) is 14.2 Å². The van der Waals surface area contributed by atoms with E-state index in [9.17, 15) is 36.3 Å². The number of fused-ring (bicyclic) bond motifs is 1. The molecule has 0 saturated carbocycles. The summed E-state index contributed by atoms with van der Waals surface area (Å²) in [5.74, 6) is -1.46. The average Bonchev–Trinajstić information content (AvgIpc) is 2.82. The highest BCUT2D eigenvalue weighted by molar-refractivity contribution is 7.92. The van der Waals surface area contributed by atoms with Gasteiger partial charge in [-0.05, 0) is 63.6 Å². The number of hydrogen-bond donors (Lipinski definition) is 1. The van der Waals surface area contributed by atoms with Crippen molar-refractivity contribution in [2.45, 2.75) is 69.4 Å². The number of rotatable bonds is 8. The lowest BCUT2D eigenvalue weighted by molar-refractivity contribution is -0.155. The number of aliphatic hydroxyl groups is 1. The van der Waals surface area contributed by atoms with Gasteiger partial charge in [0.2, 0.25) is 0 Å². The van der Waals surface area contributed by atoms with Crippen LogP contribution in [0.15, 0.2) is 47.4 Å². The lowest BCUT2D eigenvalue weighted by atomic mass is 10.1. The van der Waals surface area contributed by atoms with Crippen LogP contribution in [0.5, 0.6) is 5.75 Å². The number of sulfonamides is 1. The van der Waals surface area contributed by atoms with E-state index < -0.39 is 63.0 Å². The minimum atomic E-state index is -4.78. The van der Waals surface area contributed by atoms with Gasteiger partial charge in [-0.15, -0.1) is 0 Å². The number of ether oxygens (including phenoxy) is 3. The van der Waals surface area contributed by atoms with Crippen LogP contribution in [0.25, 0.3) is 0 Å². The Morgan fingerprint density at radius 2 is 1.85 bits per heavy atom. The monoisotopic (exact) mass is 573 g/mol. The third kappa shape index (κ3) is 7.63. The highest BCUT2D eigenvalue weighted by Crippen LogP contribution is 2.40. The maximum Gasteiger partial charge on any atom is 0.416 e. The summed E-state index contributed by atoms with van der Waals surface area (Å²) in [7, 11) is -4.59. The Hall–Kier alpha value is -3.32. The van der Waals surface area contributed by atoms with E-state index in [1.165, 1.54) is 18.2 Å². The number of anilines is 1. The smallest absolute Gasteiger partial charge is 0.416 e. The molecule has 0 spiro atoms. The van der Waals surface area contributed by atoms with Crippen molar-refractivity contribution < 1.29 is 50.5 Å². The molecule has 0 bridgehead atoms. The topological polar surface area (TPSA) is 119 Å². The highest BCUT2D eigenvalue weighted by atomic mass is 32.2. The van der Waals surface area contributed by atoms with Crippen molar-refractivity contribution in [2.24, 2.45) is 0 Å². The summed E-state index contributed by atoms with van der Waals surface area (Å²) in [6, 6.07) is 7.60. The first-order valence-electron chi connectivity index (χ1n) is 12.1. The van der Waals surface area contributed by atoms with Gasteiger partial charge in [0.25, 0.3) is 10.0 Å². The second-order valence-corrected chi connectivity index (χ2v) is 11.7. The zero-order chi connectivity index (χ0) is 29.2. The van der Waals surface area contributed by atoms with Crippen molar-refractivity contribution in [3.8, 4) is 5.75 Å². The first-order valence-corrected chi connectivity index (χ1v) is 13.5. The van der Waals surface area contributed by atoms with Crippen molar-refractivity contribution in [1.29, 1.82) is 0 Å². The molecule has 1 N–H and O–H groups in total. The fourth-order valence-corrected chi connectivity index (χ4v) is 5.45. The SMILES string of the molecule is CCOC(=O)C(O)C[C@H]1CN(S(=O)(=O)c2cccc(C(F)(F)F)c2)c2cc(CC(=O)OC(C)(C)C)ccc2O1. The number of esters is 2. The van der Waals surface area contributed by atoms with Gasteiger partial charge >= 0.3 is 18.1 Å². The molecule has 9 nitrogen and oxygen atoms in total. The largest absolute Gasteiger partial charge is 0.486 e. The Kier molecular flexibility index (Phi) is 8.85. The molecule has 0 fully saturated rings. The quantitative estimate of drug-likeness (QED) is 0.473. The van der Waals surface area contributed by atoms with Gasteiger partial charge in [-0.1, -0.05) is 12.1 Å². The second kappa shape index (κ2) is 11.4. The molecule has 13 heteroatoms. The summed E-state index contributed by atoms with van der Waals surface area (Å²) in [4.78, 5) is 23.7. The molecule has 2 aromatic carbocycles. The normalized spacial score (nSPS) is 16.6. The maximum atomic E-state index is 13.7. The molecule has 0 aromatic heterocycles. The second-order valence-electron chi connectivity index (χ2n) is 9.87. The summed E-state index contributed by atoms with van der Waals surface area (Å²) in [5.41, 5.74) is -1.54. The zero-order valence-corrected chi connectivity index (χ0v) is 22.6. The third-order valence-corrected chi connectivity index (χ3v) is 7.29. The van der Waals surface area contributed by atoms with Crippen LogP contribution in [0.2, 0.25) is 0 Å². The van der Waals surface area contributed by atoms with Gasteiger partial charge in [-0.3, -0.25) is 9.10 Å². The van der Waals surface area contributed by atoms with Crippen LogP contribution in [0.4, 0.5) is 18.9 Å². The number of benzene rings is 2. The standard InChI is InChI=1S/C26H30F3NO8S/c1-5-36-24(33)21(31)14-18-15-30(39(34,35)19-8-6-7-17(13-19)26(27,28)29)20-11-16(9-10-22(20)37-18)12-23(32)38-25(2,3)4/h6-11,13,18,21,31H,5,12,14-15H2,1-4H3/t18-,21?/m0/s1. The molecule has 0 radical (unpaired) electrons. The predicted octanol–water partition coefficient (Wildman–Crippen LogP) is 3.86. The molecule has 214 valence electrons. The fraction of sp³-hybridized carbons (Fsp3) is 0.462. The molecule has 0 aliphatic carbocycles. The molecular weight excluding hydrogens is 543 g/mol. The van der Waals surface area contributed by atoms with Gasteiger partial charge in [0.1, 0.15) is 17.5 Å². The van der Waals surface area contributed by atoms with Gasteiger partial charge in [-0.25, -0.2) is 13.2 Å². The third-order valence-electron chi connectivity index (χ3n) is 5.52.